The number of aliphatic hydroxyl groups is 1. The molecular formula is C16H18N2O2S. The van der Waals surface area contributed by atoms with Crippen molar-refractivity contribution in [2.75, 3.05) is 13.2 Å². The van der Waals surface area contributed by atoms with E-state index in [4.69, 9.17) is 10.00 Å². The monoisotopic (exact) mass is 302 g/mol. The molecule has 0 aliphatic heterocycles. The Bertz CT molecular complexity index is 561. The van der Waals surface area contributed by atoms with E-state index in [9.17, 15) is 5.11 Å². The molecule has 110 valence electrons. The zero-order valence-corrected chi connectivity index (χ0v) is 12.5. The minimum Gasteiger partial charge on any atom is -0.389 e. The lowest BCUT2D eigenvalue weighted by Gasteiger charge is -2.12. The average Bonchev–Trinajstić information content (AvgIpc) is 3.01. The first-order chi connectivity index (χ1) is 10.3. The van der Waals surface area contributed by atoms with Gasteiger partial charge in [0.25, 0.3) is 0 Å². The molecule has 0 saturated heterocycles. The molecule has 0 aliphatic carbocycles. The number of aliphatic hydroxyl groups excluding tert-OH is 1. The molecule has 1 atom stereocenters. The van der Waals surface area contributed by atoms with Gasteiger partial charge in [-0.05, 0) is 29.1 Å². The van der Waals surface area contributed by atoms with Crippen molar-refractivity contribution in [3.63, 3.8) is 0 Å². The summed E-state index contributed by atoms with van der Waals surface area (Å²) < 4.78 is 5.46. The standard InChI is InChI=1S/C16H18N2O2S/c17-8-13-3-5-14(6-4-13)9-18-10-15(19)11-20-12-16-2-1-7-21-16/h1-7,15,18-19H,9-12H2. The Balaban J connectivity index is 1.60. The van der Waals surface area contributed by atoms with Gasteiger partial charge >= 0.3 is 0 Å². The molecule has 2 rings (SSSR count). The van der Waals surface area contributed by atoms with Crippen LogP contribution in [0.25, 0.3) is 0 Å². The van der Waals surface area contributed by atoms with Gasteiger partial charge < -0.3 is 15.2 Å². The maximum absolute atomic E-state index is 9.81. The number of thiophene rings is 1. The Hall–Kier alpha value is -1.71. The van der Waals surface area contributed by atoms with Crippen molar-refractivity contribution >= 4 is 11.3 Å². The molecule has 1 aromatic heterocycles. The molecule has 0 saturated carbocycles. The first-order valence-corrected chi connectivity index (χ1v) is 7.64. The summed E-state index contributed by atoms with van der Waals surface area (Å²) >= 11 is 1.65. The van der Waals surface area contributed by atoms with Gasteiger partial charge in [-0.2, -0.15) is 5.26 Å². The van der Waals surface area contributed by atoms with E-state index < -0.39 is 6.10 Å². The summed E-state index contributed by atoms with van der Waals surface area (Å²) in [6.45, 7) is 2.00. The molecule has 0 radical (unpaired) electrons. The van der Waals surface area contributed by atoms with Crippen molar-refractivity contribution in [2.24, 2.45) is 0 Å². The number of benzene rings is 1. The molecule has 0 aliphatic rings. The van der Waals surface area contributed by atoms with Gasteiger partial charge in [-0.15, -0.1) is 11.3 Å². The van der Waals surface area contributed by atoms with Crippen molar-refractivity contribution in [1.82, 2.24) is 5.32 Å². The summed E-state index contributed by atoms with van der Waals surface area (Å²) in [6, 6.07) is 13.5. The normalized spacial score (nSPS) is 12.0. The Labute approximate surface area is 128 Å². The number of nitrogens with one attached hydrogen (secondary N) is 1. The zero-order valence-electron chi connectivity index (χ0n) is 11.7. The van der Waals surface area contributed by atoms with E-state index in [1.165, 1.54) is 0 Å². The molecule has 0 spiro atoms. The van der Waals surface area contributed by atoms with Crippen LogP contribution in [0.3, 0.4) is 0 Å². The number of hydrogen-bond acceptors (Lipinski definition) is 5. The Morgan fingerprint density at radius 2 is 2.10 bits per heavy atom. The Morgan fingerprint density at radius 3 is 2.76 bits per heavy atom. The van der Waals surface area contributed by atoms with E-state index >= 15 is 0 Å². The topological polar surface area (TPSA) is 65.3 Å². The van der Waals surface area contributed by atoms with Gasteiger partial charge in [0.15, 0.2) is 0 Å². The van der Waals surface area contributed by atoms with Crippen LogP contribution in [0, 0.1) is 11.3 Å². The maximum Gasteiger partial charge on any atom is 0.0991 e. The fourth-order valence-corrected chi connectivity index (χ4v) is 2.47. The van der Waals surface area contributed by atoms with Crippen molar-refractivity contribution in [3.8, 4) is 6.07 Å². The van der Waals surface area contributed by atoms with Crippen LogP contribution in [0.2, 0.25) is 0 Å². The van der Waals surface area contributed by atoms with E-state index in [0.717, 1.165) is 10.4 Å². The zero-order chi connectivity index (χ0) is 14.9. The maximum atomic E-state index is 9.81. The van der Waals surface area contributed by atoms with Crippen LogP contribution >= 0.6 is 11.3 Å². The molecular weight excluding hydrogens is 284 g/mol. The summed E-state index contributed by atoms with van der Waals surface area (Å²) in [5, 5.41) is 23.7. The van der Waals surface area contributed by atoms with E-state index in [-0.39, 0.29) is 0 Å². The quantitative estimate of drug-likeness (QED) is 0.785. The van der Waals surface area contributed by atoms with Gasteiger partial charge in [-0.3, -0.25) is 0 Å². The molecule has 0 fully saturated rings. The molecule has 1 aromatic carbocycles. The molecule has 5 heteroatoms. The van der Waals surface area contributed by atoms with Crippen molar-refractivity contribution in [2.45, 2.75) is 19.3 Å². The van der Waals surface area contributed by atoms with Gasteiger partial charge in [0.2, 0.25) is 0 Å². The molecule has 2 N–H and O–H groups in total. The number of nitrogens with zero attached hydrogens (tertiary/aromatic N) is 1. The van der Waals surface area contributed by atoms with Gasteiger partial charge in [-0.1, -0.05) is 18.2 Å². The minimum atomic E-state index is -0.525. The van der Waals surface area contributed by atoms with Gasteiger partial charge in [-0.25, -0.2) is 0 Å². The highest BCUT2D eigenvalue weighted by molar-refractivity contribution is 7.09. The summed E-state index contributed by atoms with van der Waals surface area (Å²) in [4.78, 5) is 1.16. The van der Waals surface area contributed by atoms with Gasteiger partial charge in [0.05, 0.1) is 31.0 Å². The summed E-state index contributed by atoms with van der Waals surface area (Å²) in [6.07, 6.45) is -0.525. The predicted octanol–water partition coefficient (Wildman–Crippen LogP) is 2.29. The van der Waals surface area contributed by atoms with Crippen LogP contribution < -0.4 is 5.32 Å². The largest absolute Gasteiger partial charge is 0.389 e. The third-order valence-corrected chi connectivity index (χ3v) is 3.78. The molecule has 21 heavy (non-hydrogen) atoms. The third kappa shape index (κ3) is 5.66. The number of ether oxygens (including phenoxy) is 1. The lowest BCUT2D eigenvalue weighted by Crippen LogP contribution is -2.30. The van der Waals surface area contributed by atoms with Crippen molar-refractivity contribution in [3.05, 3.63) is 57.8 Å². The minimum absolute atomic E-state index is 0.318. The summed E-state index contributed by atoms with van der Waals surface area (Å²) in [7, 11) is 0. The van der Waals surface area contributed by atoms with Gasteiger partial charge in [0.1, 0.15) is 0 Å². The molecule has 2 aromatic rings. The number of rotatable bonds is 8. The SMILES string of the molecule is N#Cc1ccc(CNCC(O)COCc2cccs2)cc1. The lowest BCUT2D eigenvalue weighted by atomic mass is 10.1. The molecule has 1 unspecified atom stereocenters. The smallest absolute Gasteiger partial charge is 0.0991 e. The molecule has 0 bridgehead atoms. The highest BCUT2D eigenvalue weighted by Gasteiger charge is 2.04. The summed E-state index contributed by atoms with van der Waals surface area (Å²) in [5.74, 6) is 0. The fourth-order valence-electron chi connectivity index (χ4n) is 1.83. The van der Waals surface area contributed by atoms with E-state index in [1.54, 1.807) is 23.5 Å². The first-order valence-electron chi connectivity index (χ1n) is 6.76. The van der Waals surface area contributed by atoms with Crippen LogP contribution in [-0.2, 0) is 17.9 Å². The van der Waals surface area contributed by atoms with Crippen molar-refractivity contribution < 1.29 is 9.84 Å². The lowest BCUT2D eigenvalue weighted by molar-refractivity contribution is 0.0297. The van der Waals surface area contributed by atoms with Crippen LogP contribution in [0.4, 0.5) is 0 Å². The average molecular weight is 302 g/mol. The second-order valence-corrected chi connectivity index (χ2v) is 5.72. The predicted molar refractivity (Wildman–Crippen MR) is 82.8 cm³/mol. The first kappa shape index (κ1) is 15.7. The number of nitriles is 1. The van der Waals surface area contributed by atoms with E-state index in [0.29, 0.717) is 31.9 Å². The molecule has 1 heterocycles. The number of hydrogen-bond donors (Lipinski definition) is 2. The van der Waals surface area contributed by atoms with Crippen LogP contribution in [0.15, 0.2) is 41.8 Å². The van der Waals surface area contributed by atoms with E-state index in [1.807, 2.05) is 29.6 Å². The highest BCUT2D eigenvalue weighted by atomic mass is 32.1. The van der Waals surface area contributed by atoms with E-state index in [2.05, 4.69) is 11.4 Å². The fraction of sp³-hybridized carbons (Fsp3) is 0.312. The van der Waals surface area contributed by atoms with Crippen molar-refractivity contribution in [1.29, 1.82) is 5.26 Å². The highest BCUT2D eigenvalue weighted by Crippen LogP contribution is 2.09. The van der Waals surface area contributed by atoms with Gasteiger partial charge in [0, 0.05) is 18.0 Å². The molecule has 4 nitrogen and oxygen atoms in total. The second-order valence-electron chi connectivity index (χ2n) is 4.69. The van der Waals surface area contributed by atoms with Crippen LogP contribution in [0.5, 0.6) is 0 Å². The van der Waals surface area contributed by atoms with Crippen LogP contribution in [0.1, 0.15) is 16.0 Å². The Kier molecular flexibility index (Phi) is 6.38. The molecule has 0 amide bonds. The van der Waals surface area contributed by atoms with Crippen LogP contribution in [-0.4, -0.2) is 24.4 Å². The second kappa shape index (κ2) is 8.55. The summed E-state index contributed by atoms with van der Waals surface area (Å²) in [5.41, 5.74) is 1.74. The Morgan fingerprint density at radius 1 is 1.29 bits per heavy atom. The third-order valence-electron chi connectivity index (χ3n) is 2.93.